The van der Waals surface area contributed by atoms with Gasteiger partial charge in [0.05, 0.1) is 46.0 Å². The summed E-state index contributed by atoms with van der Waals surface area (Å²) in [5.74, 6) is -2.13. The van der Waals surface area contributed by atoms with Crippen molar-refractivity contribution in [1.82, 2.24) is 19.7 Å². The van der Waals surface area contributed by atoms with Crippen molar-refractivity contribution in [2.75, 3.05) is 5.32 Å². The van der Waals surface area contributed by atoms with E-state index in [0.717, 1.165) is 0 Å². The Morgan fingerprint density at radius 3 is 2.76 bits per heavy atom. The van der Waals surface area contributed by atoms with Gasteiger partial charge in [-0.2, -0.15) is 10.4 Å². The van der Waals surface area contributed by atoms with Crippen molar-refractivity contribution in [3.63, 3.8) is 0 Å². The zero-order valence-corrected chi connectivity index (χ0v) is 17.8. The normalized spacial score (nSPS) is 10.7. The summed E-state index contributed by atoms with van der Waals surface area (Å²) in [6.45, 7) is 3.69. The molecule has 0 aliphatic carbocycles. The number of benzene rings is 1. The number of fused-ring (bicyclic) bond motifs is 1. The number of nitriles is 1. The van der Waals surface area contributed by atoms with Gasteiger partial charge in [-0.25, -0.2) is 9.37 Å². The molecule has 0 radical (unpaired) electrons. The first-order valence-electron chi connectivity index (χ1n) is 9.88. The molecule has 10 heteroatoms. The number of anilines is 1. The van der Waals surface area contributed by atoms with Gasteiger partial charge in [-0.15, -0.1) is 0 Å². The summed E-state index contributed by atoms with van der Waals surface area (Å²) in [5.41, 5.74) is 7.78. The lowest BCUT2D eigenvalue weighted by atomic mass is 10.1. The first-order valence-corrected chi connectivity index (χ1v) is 9.88. The van der Waals surface area contributed by atoms with Crippen LogP contribution in [0.2, 0.25) is 0 Å². The number of hydrogen-bond donors (Lipinski definition) is 2. The predicted molar refractivity (Wildman–Crippen MR) is 118 cm³/mol. The molecule has 0 atom stereocenters. The van der Waals surface area contributed by atoms with Gasteiger partial charge in [-0.05, 0) is 44.2 Å². The van der Waals surface area contributed by atoms with Crippen molar-refractivity contribution in [3.8, 4) is 6.07 Å². The Balaban J connectivity index is 1.72. The second-order valence-electron chi connectivity index (χ2n) is 7.32. The quantitative estimate of drug-likeness (QED) is 0.486. The first-order chi connectivity index (χ1) is 15.8. The Kier molecular flexibility index (Phi) is 5.54. The van der Waals surface area contributed by atoms with Gasteiger partial charge in [-0.1, -0.05) is 6.07 Å². The summed E-state index contributed by atoms with van der Waals surface area (Å²) in [4.78, 5) is 33.2. The van der Waals surface area contributed by atoms with Gasteiger partial charge in [-0.3, -0.25) is 19.3 Å². The monoisotopic (exact) mass is 443 g/mol. The van der Waals surface area contributed by atoms with E-state index in [-0.39, 0.29) is 28.7 Å². The van der Waals surface area contributed by atoms with Gasteiger partial charge in [0.1, 0.15) is 17.6 Å². The van der Waals surface area contributed by atoms with Crippen LogP contribution in [-0.4, -0.2) is 31.6 Å². The summed E-state index contributed by atoms with van der Waals surface area (Å²) >= 11 is 0. The number of hydrogen-bond acceptors (Lipinski definition) is 6. The molecule has 0 saturated heterocycles. The maximum Gasteiger partial charge on any atom is 0.267 e. The molecule has 1 aromatic carbocycles. The number of pyridine rings is 2. The van der Waals surface area contributed by atoms with E-state index in [1.807, 2.05) is 0 Å². The highest BCUT2D eigenvalue weighted by atomic mass is 19.1. The lowest BCUT2D eigenvalue weighted by Gasteiger charge is -2.11. The van der Waals surface area contributed by atoms with Crippen LogP contribution in [0.3, 0.4) is 0 Å². The largest absolute Gasteiger partial charge is 0.364 e. The van der Waals surface area contributed by atoms with Crippen molar-refractivity contribution < 1.29 is 14.0 Å². The van der Waals surface area contributed by atoms with E-state index < -0.39 is 17.6 Å². The van der Waals surface area contributed by atoms with Crippen LogP contribution in [0, 0.1) is 31.0 Å². The molecule has 4 aromatic rings. The molecule has 2 amide bonds. The van der Waals surface area contributed by atoms with Crippen LogP contribution in [0.1, 0.15) is 43.5 Å². The van der Waals surface area contributed by atoms with Crippen molar-refractivity contribution in [1.29, 1.82) is 5.26 Å². The van der Waals surface area contributed by atoms with E-state index in [4.69, 9.17) is 5.73 Å². The minimum Gasteiger partial charge on any atom is -0.364 e. The zero-order chi connectivity index (χ0) is 23.7. The fraction of sp³-hybridized carbons (Fsp3) is 0.130. The Morgan fingerprint density at radius 1 is 1.24 bits per heavy atom. The maximum atomic E-state index is 14.6. The van der Waals surface area contributed by atoms with Crippen molar-refractivity contribution >= 4 is 28.4 Å². The number of halogens is 1. The molecule has 0 bridgehead atoms. The molecule has 9 nitrogen and oxygen atoms in total. The van der Waals surface area contributed by atoms with E-state index in [9.17, 15) is 19.2 Å². The van der Waals surface area contributed by atoms with Crippen LogP contribution in [0.25, 0.3) is 10.9 Å². The molecular weight excluding hydrogens is 425 g/mol. The lowest BCUT2D eigenvalue weighted by molar-refractivity contribution is 0.0996. The number of nitrogens with two attached hydrogens (primary N) is 1. The Hall–Kier alpha value is -4.65. The molecule has 4 rings (SSSR count). The van der Waals surface area contributed by atoms with Crippen LogP contribution in [0.4, 0.5) is 10.1 Å². The maximum absolute atomic E-state index is 14.6. The minimum atomic E-state index is -0.834. The van der Waals surface area contributed by atoms with Crippen LogP contribution in [0.15, 0.2) is 42.6 Å². The SMILES string of the molecule is Cc1nn(Cc2ncccc2C#N)c(C)c1NC(=O)c1cc(C(N)=O)nc2cccc(F)c12. The van der Waals surface area contributed by atoms with Gasteiger partial charge in [0, 0.05) is 11.6 Å². The van der Waals surface area contributed by atoms with Crippen molar-refractivity contribution in [3.05, 3.63) is 82.3 Å². The summed E-state index contributed by atoms with van der Waals surface area (Å²) in [7, 11) is 0. The second kappa shape index (κ2) is 8.47. The number of amides is 2. The Bertz CT molecular complexity index is 1470. The molecule has 0 aliphatic heterocycles. The number of nitrogens with one attached hydrogen (secondary N) is 1. The number of aromatic nitrogens is 4. The van der Waals surface area contributed by atoms with Crippen molar-refractivity contribution in [2.24, 2.45) is 5.73 Å². The number of carbonyl (C=O) groups is 2. The average molecular weight is 443 g/mol. The van der Waals surface area contributed by atoms with Gasteiger partial charge in [0.15, 0.2) is 0 Å². The average Bonchev–Trinajstić information content (AvgIpc) is 3.06. The lowest BCUT2D eigenvalue weighted by Crippen LogP contribution is -2.18. The fourth-order valence-electron chi connectivity index (χ4n) is 3.57. The summed E-state index contributed by atoms with van der Waals surface area (Å²) in [5, 5.41) is 16.5. The van der Waals surface area contributed by atoms with Gasteiger partial charge in [0.25, 0.3) is 11.8 Å². The standard InChI is InChI=1S/C23H18FN7O2/c1-12-21(13(2)31(30-12)11-19-14(10-25)5-4-8-27-19)29-23(33)15-9-18(22(26)32)28-17-7-3-6-16(24)20(15)17/h3-9H,11H2,1-2H3,(H2,26,32)(H,29,33). The van der Waals surface area contributed by atoms with Crippen LogP contribution in [0.5, 0.6) is 0 Å². The number of carbonyl (C=O) groups excluding carboxylic acids is 2. The van der Waals surface area contributed by atoms with E-state index in [2.05, 4.69) is 26.5 Å². The Labute approximate surface area is 187 Å². The smallest absolute Gasteiger partial charge is 0.267 e. The molecule has 3 aromatic heterocycles. The molecule has 164 valence electrons. The number of nitrogens with zero attached hydrogens (tertiary/aromatic N) is 5. The van der Waals surface area contributed by atoms with Crippen LogP contribution >= 0.6 is 0 Å². The van der Waals surface area contributed by atoms with Gasteiger partial charge in [0.2, 0.25) is 0 Å². The van der Waals surface area contributed by atoms with Crippen molar-refractivity contribution in [2.45, 2.75) is 20.4 Å². The fourth-order valence-corrected chi connectivity index (χ4v) is 3.57. The highest BCUT2D eigenvalue weighted by Gasteiger charge is 2.21. The van der Waals surface area contributed by atoms with E-state index >= 15 is 0 Å². The molecule has 0 saturated carbocycles. The third kappa shape index (κ3) is 3.99. The zero-order valence-electron chi connectivity index (χ0n) is 17.8. The minimum absolute atomic E-state index is 0.0187. The molecule has 0 spiro atoms. The highest BCUT2D eigenvalue weighted by Crippen LogP contribution is 2.25. The van der Waals surface area contributed by atoms with Gasteiger partial charge < -0.3 is 11.1 Å². The number of aryl methyl sites for hydroxylation is 1. The molecule has 0 unspecified atom stereocenters. The molecule has 0 fully saturated rings. The second-order valence-corrected chi connectivity index (χ2v) is 7.32. The first kappa shape index (κ1) is 21.6. The predicted octanol–water partition coefficient (Wildman–Crippen LogP) is 2.85. The van der Waals surface area contributed by atoms with Gasteiger partial charge >= 0.3 is 0 Å². The molecule has 3 N–H and O–H groups in total. The summed E-state index contributed by atoms with van der Waals surface area (Å²) in [6.07, 6.45) is 1.59. The topological polar surface area (TPSA) is 140 Å². The Morgan fingerprint density at radius 2 is 2.03 bits per heavy atom. The third-order valence-electron chi connectivity index (χ3n) is 5.21. The van der Waals surface area contributed by atoms with Crippen LogP contribution in [-0.2, 0) is 6.54 Å². The molecule has 33 heavy (non-hydrogen) atoms. The van der Waals surface area contributed by atoms with E-state index in [1.54, 1.807) is 36.9 Å². The van der Waals surface area contributed by atoms with E-state index in [0.29, 0.717) is 28.3 Å². The van der Waals surface area contributed by atoms with E-state index in [1.165, 1.54) is 24.3 Å². The molecule has 3 heterocycles. The molecule has 0 aliphatic rings. The summed E-state index contributed by atoms with van der Waals surface area (Å²) < 4.78 is 16.2. The number of primary amides is 1. The highest BCUT2D eigenvalue weighted by molar-refractivity contribution is 6.14. The summed E-state index contributed by atoms with van der Waals surface area (Å²) in [6, 6.07) is 10.7. The number of rotatable bonds is 5. The van der Waals surface area contributed by atoms with Crippen LogP contribution < -0.4 is 11.1 Å². The molecular formula is C23H18FN7O2. The third-order valence-corrected chi connectivity index (χ3v) is 5.21.